The van der Waals surface area contributed by atoms with E-state index in [0.717, 1.165) is 25.9 Å². The lowest BCUT2D eigenvalue weighted by atomic mass is 10.1. The minimum atomic E-state index is -3.82. The Morgan fingerprint density at radius 3 is 2.24 bits per heavy atom. The van der Waals surface area contributed by atoms with Crippen LogP contribution in [0.4, 0.5) is 0 Å². The van der Waals surface area contributed by atoms with Crippen LogP contribution in [0.25, 0.3) is 0 Å². The quantitative estimate of drug-likeness (QED) is 0.696. The topological polar surface area (TPSA) is 81.2 Å². The second-order valence-corrected chi connectivity index (χ2v) is 8.18. The van der Waals surface area contributed by atoms with E-state index in [1.165, 1.54) is 11.2 Å². The first-order chi connectivity index (χ1) is 9.66. The Morgan fingerprint density at radius 2 is 1.81 bits per heavy atom. The van der Waals surface area contributed by atoms with Crippen LogP contribution in [0.2, 0.25) is 0 Å². The van der Waals surface area contributed by atoms with E-state index in [0.29, 0.717) is 13.1 Å². The Morgan fingerprint density at radius 1 is 1.29 bits per heavy atom. The molecule has 0 aromatic heterocycles. The molecule has 0 bridgehead atoms. The van der Waals surface area contributed by atoms with Gasteiger partial charge in [-0.05, 0) is 54.0 Å². The van der Waals surface area contributed by atoms with E-state index in [4.69, 9.17) is 5.11 Å². The zero-order valence-corrected chi connectivity index (χ0v) is 14.1. The van der Waals surface area contributed by atoms with Crippen molar-refractivity contribution in [1.29, 1.82) is 0 Å². The van der Waals surface area contributed by atoms with Gasteiger partial charge in [-0.2, -0.15) is 4.31 Å². The summed E-state index contributed by atoms with van der Waals surface area (Å²) in [5.74, 6) is -1.29. The molecule has 1 fully saturated rings. The molecule has 1 rings (SSSR count). The fourth-order valence-corrected chi connectivity index (χ4v) is 4.05. The lowest BCUT2D eigenvalue weighted by Crippen LogP contribution is -2.52. The number of carbonyl (C=O) groups is 1. The SMILES string of the molecule is CC(C(=O)O)S(=O)(=O)N(CCN(C)C)C1CCN(C)CC1. The molecule has 1 unspecified atom stereocenters. The van der Waals surface area contributed by atoms with Gasteiger partial charge in [-0.3, -0.25) is 4.79 Å². The molecule has 0 radical (unpaired) electrons. The van der Waals surface area contributed by atoms with Gasteiger partial charge in [0.15, 0.2) is 5.25 Å². The number of nitrogens with zero attached hydrogens (tertiary/aromatic N) is 3. The molecule has 1 aliphatic rings. The summed E-state index contributed by atoms with van der Waals surface area (Å²) >= 11 is 0. The normalized spacial score (nSPS) is 20.1. The highest BCUT2D eigenvalue weighted by molar-refractivity contribution is 7.90. The van der Waals surface area contributed by atoms with Crippen molar-refractivity contribution in [2.75, 3.05) is 47.3 Å². The molecular formula is C13H27N3O4S. The monoisotopic (exact) mass is 321 g/mol. The van der Waals surface area contributed by atoms with Crippen molar-refractivity contribution >= 4 is 16.0 Å². The average Bonchev–Trinajstić information content (AvgIpc) is 2.39. The lowest BCUT2D eigenvalue weighted by Gasteiger charge is -2.37. The zero-order valence-electron chi connectivity index (χ0n) is 13.3. The molecule has 0 aromatic carbocycles. The first kappa shape index (κ1) is 18.3. The van der Waals surface area contributed by atoms with Crippen LogP contribution in [0.3, 0.4) is 0 Å². The minimum absolute atomic E-state index is 0.104. The maximum Gasteiger partial charge on any atom is 0.323 e. The number of piperidine rings is 1. The third-order valence-corrected chi connectivity index (χ3v) is 6.21. The van der Waals surface area contributed by atoms with Crippen LogP contribution in [0, 0.1) is 0 Å². The summed E-state index contributed by atoms with van der Waals surface area (Å²) in [6, 6.07) is -0.104. The number of rotatable bonds is 7. The van der Waals surface area contributed by atoms with E-state index in [1.807, 2.05) is 26.0 Å². The van der Waals surface area contributed by atoms with Gasteiger partial charge in [0.25, 0.3) is 0 Å². The van der Waals surface area contributed by atoms with Gasteiger partial charge in [-0.15, -0.1) is 0 Å². The molecule has 1 atom stereocenters. The number of likely N-dealkylation sites (tertiary alicyclic amines) is 1. The van der Waals surface area contributed by atoms with Gasteiger partial charge >= 0.3 is 5.97 Å². The predicted molar refractivity (Wildman–Crippen MR) is 81.8 cm³/mol. The predicted octanol–water partition coefficient (Wildman–Crippen LogP) is -0.253. The third kappa shape index (κ3) is 4.91. The van der Waals surface area contributed by atoms with Crippen LogP contribution in [0.1, 0.15) is 19.8 Å². The summed E-state index contributed by atoms with van der Waals surface area (Å²) in [4.78, 5) is 15.2. The standard InChI is InChI=1S/C13H27N3O4S/c1-11(13(17)18)21(19,20)16(10-9-14(2)3)12-5-7-15(4)8-6-12/h11-12H,5-10H2,1-4H3,(H,17,18). The number of hydrogen-bond acceptors (Lipinski definition) is 5. The third-order valence-electron chi connectivity index (χ3n) is 3.98. The van der Waals surface area contributed by atoms with Gasteiger partial charge in [0.05, 0.1) is 0 Å². The van der Waals surface area contributed by atoms with Gasteiger partial charge in [0.1, 0.15) is 0 Å². The van der Waals surface area contributed by atoms with Crippen molar-refractivity contribution in [2.45, 2.75) is 31.1 Å². The zero-order chi connectivity index (χ0) is 16.2. The average molecular weight is 321 g/mol. The largest absolute Gasteiger partial charge is 0.480 e. The summed E-state index contributed by atoms with van der Waals surface area (Å²) < 4.78 is 26.6. The van der Waals surface area contributed by atoms with Crippen LogP contribution in [0.5, 0.6) is 0 Å². The summed E-state index contributed by atoms with van der Waals surface area (Å²) in [5.41, 5.74) is 0. The smallest absolute Gasteiger partial charge is 0.323 e. The number of sulfonamides is 1. The van der Waals surface area contributed by atoms with Gasteiger partial charge in [0, 0.05) is 19.1 Å². The molecule has 0 spiro atoms. The maximum atomic E-state index is 12.6. The molecule has 8 heteroatoms. The molecule has 1 heterocycles. The summed E-state index contributed by atoms with van der Waals surface area (Å²) in [6.45, 7) is 3.83. The lowest BCUT2D eigenvalue weighted by molar-refractivity contribution is -0.136. The maximum absolute atomic E-state index is 12.6. The van der Waals surface area contributed by atoms with Gasteiger partial charge < -0.3 is 14.9 Å². The van der Waals surface area contributed by atoms with Gasteiger partial charge in [0.2, 0.25) is 10.0 Å². The molecule has 124 valence electrons. The first-order valence-electron chi connectivity index (χ1n) is 7.23. The second-order valence-electron chi connectivity index (χ2n) is 5.97. The van der Waals surface area contributed by atoms with Crippen molar-refractivity contribution in [1.82, 2.24) is 14.1 Å². The van der Waals surface area contributed by atoms with Crippen molar-refractivity contribution in [2.24, 2.45) is 0 Å². The molecule has 0 amide bonds. The Balaban J connectivity index is 2.93. The van der Waals surface area contributed by atoms with Gasteiger partial charge in [-0.1, -0.05) is 0 Å². The first-order valence-corrected chi connectivity index (χ1v) is 8.73. The summed E-state index contributed by atoms with van der Waals surface area (Å²) in [7, 11) is 1.93. The molecule has 7 nitrogen and oxygen atoms in total. The van der Waals surface area contributed by atoms with E-state index in [-0.39, 0.29) is 6.04 Å². The molecule has 0 aromatic rings. The highest BCUT2D eigenvalue weighted by Crippen LogP contribution is 2.21. The highest BCUT2D eigenvalue weighted by atomic mass is 32.2. The number of aliphatic carboxylic acids is 1. The Kier molecular flexibility index (Phi) is 6.58. The minimum Gasteiger partial charge on any atom is -0.480 e. The van der Waals surface area contributed by atoms with Crippen LogP contribution in [-0.4, -0.2) is 92.2 Å². The molecule has 1 aliphatic heterocycles. The molecule has 1 saturated heterocycles. The van der Waals surface area contributed by atoms with Crippen molar-refractivity contribution in [3.05, 3.63) is 0 Å². The van der Waals surface area contributed by atoms with E-state index in [1.54, 1.807) is 0 Å². The van der Waals surface area contributed by atoms with Crippen molar-refractivity contribution in [3.8, 4) is 0 Å². The highest BCUT2D eigenvalue weighted by Gasteiger charge is 2.38. The van der Waals surface area contributed by atoms with Crippen molar-refractivity contribution in [3.63, 3.8) is 0 Å². The van der Waals surface area contributed by atoms with E-state index < -0.39 is 21.2 Å². The molecular weight excluding hydrogens is 294 g/mol. The van der Waals surface area contributed by atoms with Crippen LogP contribution >= 0.6 is 0 Å². The molecule has 1 N–H and O–H groups in total. The number of carboxylic acids is 1. The fourth-order valence-electron chi connectivity index (χ4n) is 2.43. The number of hydrogen-bond donors (Lipinski definition) is 1. The van der Waals surface area contributed by atoms with Crippen LogP contribution in [-0.2, 0) is 14.8 Å². The van der Waals surface area contributed by atoms with Crippen molar-refractivity contribution < 1.29 is 18.3 Å². The van der Waals surface area contributed by atoms with Crippen LogP contribution < -0.4 is 0 Å². The fraction of sp³-hybridized carbons (Fsp3) is 0.923. The summed E-state index contributed by atoms with van der Waals surface area (Å²) in [5, 5.41) is 7.66. The Hall–Kier alpha value is -0.700. The van der Waals surface area contributed by atoms with E-state index in [9.17, 15) is 13.2 Å². The second kappa shape index (κ2) is 7.53. The van der Waals surface area contributed by atoms with Crippen LogP contribution in [0.15, 0.2) is 0 Å². The van der Waals surface area contributed by atoms with E-state index >= 15 is 0 Å². The number of carboxylic acid groups (broad SMARTS) is 1. The Labute approximate surface area is 127 Å². The molecule has 21 heavy (non-hydrogen) atoms. The van der Waals surface area contributed by atoms with Gasteiger partial charge in [-0.25, -0.2) is 8.42 Å². The molecule has 0 aliphatic carbocycles. The summed E-state index contributed by atoms with van der Waals surface area (Å²) in [6.07, 6.45) is 1.49. The molecule has 0 saturated carbocycles. The Bertz CT molecular complexity index is 444. The van der Waals surface area contributed by atoms with E-state index in [2.05, 4.69) is 4.90 Å². The number of likely N-dealkylation sites (N-methyl/N-ethyl adjacent to an activating group) is 1.